The minimum absolute atomic E-state index is 0.0762. The van der Waals surface area contributed by atoms with Crippen LogP contribution < -0.4 is 10.6 Å². The van der Waals surface area contributed by atoms with Crippen molar-refractivity contribution in [2.75, 3.05) is 36.9 Å². The number of aliphatic hydroxyl groups is 1. The third kappa shape index (κ3) is 2.71. The second-order valence-corrected chi connectivity index (χ2v) is 5.00. The van der Waals surface area contributed by atoms with Gasteiger partial charge in [0.25, 0.3) is 6.01 Å². The molecule has 1 saturated heterocycles. The predicted molar refractivity (Wildman–Crippen MR) is 76.7 cm³/mol. The summed E-state index contributed by atoms with van der Waals surface area (Å²) in [6.07, 6.45) is 2.06. The van der Waals surface area contributed by atoms with Crippen LogP contribution in [0.3, 0.4) is 0 Å². The zero-order valence-electron chi connectivity index (χ0n) is 11.3. The Hall–Kier alpha value is -1.79. The number of piperidine rings is 1. The van der Waals surface area contributed by atoms with E-state index in [4.69, 9.17) is 20.0 Å². The van der Waals surface area contributed by atoms with Gasteiger partial charge in [0.05, 0.1) is 19.3 Å². The molecule has 2 heterocycles. The molecular formula is C14H19N3O3. The Labute approximate surface area is 117 Å². The molecule has 0 saturated carbocycles. The molecule has 1 aliphatic rings. The Kier molecular flexibility index (Phi) is 3.75. The summed E-state index contributed by atoms with van der Waals surface area (Å²) in [5, 5.41) is 8.76. The number of rotatable bonds is 4. The van der Waals surface area contributed by atoms with E-state index in [1.165, 1.54) is 0 Å². The zero-order valence-corrected chi connectivity index (χ0v) is 11.3. The van der Waals surface area contributed by atoms with Crippen LogP contribution >= 0.6 is 0 Å². The van der Waals surface area contributed by atoms with Crippen molar-refractivity contribution in [3.63, 3.8) is 0 Å². The number of hydrogen-bond donors (Lipinski definition) is 2. The summed E-state index contributed by atoms with van der Waals surface area (Å²) in [6.45, 7) is 2.18. The van der Waals surface area contributed by atoms with Gasteiger partial charge in [0, 0.05) is 18.8 Å². The Morgan fingerprint density at radius 1 is 1.40 bits per heavy atom. The van der Waals surface area contributed by atoms with Gasteiger partial charge in [-0.05, 0) is 31.0 Å². The van der Waals surface area contributed by atoms with E-state index in [-0.39, 0.29) is 12.7 Å². The predicted octanol–water partition coefficient (Wildman–Crippen LogP) is 1.39. The van der Waals surface area contributed by atoms with Gasteiger partial charge in [-0.15, -0.1) is 0 Å². The van der Waals surface area contributed by atoms with Crippen LogP contribution in [0.2, 0.25) is 0 Å². The number of benzene rings is 1. The molecule has 0 spiro atoms. The number of nitrogens with two attached hydrogens (primary N) is 1. The van der Waals surface area contributed by atoms with Crippen molar-refractivity contribution in [2.45, 2.75) is 18.9 Å². The number of nitrogen functional groups attached to an aromatic ring is 1. The topological polar surface area (TPSA) is 84.8 Å². The summed E-state index contributed by atoms with van der Waals surface area (Å²) in [5.41, 5.74) is 7.98. The maximum Gasteiger partial charge on any atom is 0.298 e. The monoisotopic (exact) mass is 277 g/mol. The molecule has 1 aromatic carbocycles. The summed E-state index contributed by atoms with van der Waals surface area (Å²) < 4.78 is 11.3. The van der Waals surface area contributed by atoms with Crippen molar-refractivity contribution in [1.82, 2.24) is 4.98 Å². The van der Waals surface area contributed by atoms with Gasteiger partial charge >= 0.3 is 0 Å². The van der Waals surface area contributed by atoms with Gasteiger partial charge in [-0.2, -0.15) is 4.98 Å². The molecule has 3 rings (SSSR count). The largest absolute Gasteiger partial charge is 0.423 e. The molecule has 1 fully saturated rings. The van der Waals surface area contributed by atoms with Crippen LogP contribution in [0.25, 0.3) is 11.1 Å². The highest BCUT2D eigenvalue weighted by molar-refractivity contribution is 5.78. The number of hydrogen-bond acceptors (Lipinski definition) is 6. The molecule has 0 radical (unpaired) electrons. The quantitative estimate of drug-likeness (QED) is 0.821. The molecule has 3 N–H and O–H groups in total. The molecule has 1 aliphatic heterocycles. The van der Waals surface area contributed by atoms with Crippen LogP contribution in [0.15, 0.2) is 22.6 Å². The Bertz CT molecular complexity index is 576. The number of aliphatic hydroxyl groups excluding tert-OH is 1. The first-order valence-electron chi connectivity index (χ1n) is 6.90. The third-order valence-corrected chi connectivity index (χ3v) is 3.56. The Morgan fingerprint density at radius 2 is 2.20 bits per heavy atom. The van der Waals surface area contributed by atoms with Gasteiger partial charge in [0.2, 0.25) is 0 Å². The third-order valence-electron chi connectivity index (χ3n) is 3.56. The number of anilines is 2. The molecule has 0 unspecified atom stereocenters. The van der Waals surface area contributed by atoms with Crippen LogP contribution in [0.1, 0.15) is 12.8 Å². The fraction of sp³-hybridized carbons (Fsp3) is 0.500. The molecule has 108 valence electrons. The number of fused-ring (bicyclic) bond motifs is 1. The normalized spacial score (nSPS) is 16.9. The molecule has 0 atom stereocenters. The van der Waals surface area contributed by atoms with Crippen molar-refractivity contribution in [3.05, 3.63) is 18.2 Å². The molecular weight excluding hydrogens is 258 g/mol. The zero-order chi connectivity index (χ0) is 13.9. The maximum atomic E-state index is 8.76. The Balaban J connectivity index is 1.67. The lowest BCUT2D eigenvalue weighted by Gasteiger charge is -2.30. The number of oxazole rings is 1. The summed E-state index contributed by atoms with van der Waals surface area (Å²) in [6, 6.07) is 6.12. The highest BCUT2D eigenvalue weighted by Crippen LogP contribution is 2.26. The smallest absolute Gasteiger partial charge is 0.298 e. The fourth-order valence-electron chi connectivity index (χ4n) is 2.50. The molecule has 0 aliphatic carbocycles. The van der Waals surface area contributed by atoms with Gasteiger partial charge < -0.3 is 24.9 Å². The SMILES string of the molecule is Nc1ccc2oc(N3CCC(OCCO)CC3)nc2c1. The minimum atomic E-state index is 0.0762. The van der Waals surface area contributed by atoms with Crippen molar-refractivity contribution in [2.24, 2.45) is 0 Å². The molecule has 20 heavy (non-hydrogen) atoms. The summed E-state index contributed by atoms with van der Waals surface area (Å²) in [7, 11) is 0. The Morgan fingerprint density at radius 3 is 2.95 bits per heavy atom. The van der Waals surface area contributed by atoms with Gasteiger partial charge in [-0.3, -0.25) is 0 Å². The van der Waals surface area contributed by atoms with Gasteiger partial charge in [-0.25, -0.2) is 0 Å². The van der Waals surface area contributed by atoms with Gasteiger partial charge in [0.1, 0.15) is 5.52 Å². The minimum Gasteiger partial charge on any atom is -0.423 e. The van der Waals surface area contributed by atoms with Crippen molar-refractivity contribution >= 4 is 22.8 Å². The number of aromatic nitrogens is 1. The molecule has 6 nitrogen and oxygen atoms in total. The second-order valence-electron chi connectivity index (χ2n) is 5.00. The first-order chi connectivity index (χ1) is 9.76. The summed E-state index contributed by atoms with van der Waals surface area (Å²) >= 11 is 0. The molecule has 0 amide bonds. The molecule has 2 aromatic rings. The summed E-state index contributed by atoms with van der Waals surface area (Å²) in [4.78, 5) is 6.60. The lowest BCUT2D eigenvalue weighted by Crippen LogP contribution is -2.37. The summed E-state index contributed by atoms with van der Waals surface area (Å²) in [5.74, 6) is 0. The molecule has 6 heteroatoms. The fourth-order valence-corrected chi connectivity index (χ4v) is 2.50. The van der Waals surface area contributed by atoms with E-state index >= 15 is 0 Å². The van der Waals surface area contributed by atoms with E-state index in [0.717, 1.165) is 37.0 Å². The maximum absolute atomic E-state index is 8.76. The standard InChI is InChI=1S/C14H19N3O3/c15-10-1-2-13-12(9-10)16-14(20-13)17-5-3-11(4-6-17)19-8-7-18/h1-2,9,11,18H,3-8,15H2. The second kappa shape index (κ2) is 5.68. The van der Waals surface area contributed by atoms with Crippen LogP contribution in [0.5, 0.6) is 0 Å². The van der Waals surface area contributed by atoms with E-state index in [9.17, 15) is 0 Å². The first kappa shape index (κ1) is 13.2. The van der Waals surface area contributed by atoms with Gasteiger partial charge in [-0.1, -0.05) is 0 Å². The van der Waals surface area contributed by atoms with Crippen LogP contribution in [0, 0.1) is 0 Å². The molecule has 1 aromatic heterocycles. The lowest BCUT2D eigenvalue weighted by atomic mass is 10.1. The van der Waals surface area contributed by atoms with Crippen molar-refractivity contribution < 1.29 is 14.3 Å². The lowest BCUT2D eigenvalue weighted by molar-refractivity contribution is 0.0155. The van der Waals surface area contributed by atoms with Gasteiger partial charge in [0.15, 0.2) is 5.58 Å². The number of ether oxygens (including phenoxy) is 1. The van der Waals surface area contributed by atoms with Crippen molar-refractivity contribution in [1.29, 1.82) is 0 Å². The van der Waals surface area contributed by atoms with E-state index in [0.29, 0.717) is 18.3 Å². The van der Waals surface area contributed by atoms with E-state index in [1.54, 1.807) is 0 Å². The highest BCUT2D eigenvalue weighted by Gasteiger charge is 2.23. The number of nitrogens with zero attached hydrogens (tertiary/aromatic N) is 2. The van der Waals surface area contributed by atoms with Crippen LogP contribution in [-0.4, -0.2) is 42.5 Å². The average Bonchev–Trinajstić information content (AvgIpc) is 2.88. The first-order valence-corrected chi connectivity index (χ1v) is 6.90. The van der Waals surface area contributed by atoms with E-state index in [1.807, 2.05) is 18.2 Å². The van der Waals surface area contributed by atoms with Crippen molar-refractivity contribution in [3.8, 4) is 0 Å². The highest BCUT2D eigenvalue weighted by atomic mass is 16.5. The van der Waals surface area contributed by atoms with E-state index in [2.05, 4.69) is 9.88 Å². The average molecular weight is 277 g/mol. The van der Waals surface area contributed by atoms with E-state index < -0.39 is 0 Å². The molecule has 0 bridgehead atoms. The van der Waals surface area contributed by atoms with Crippen LogP contribution in [-0.2, 0) is 4.74 Å². The van der Waals surface area contributed by atoms with Crippen LogP contribution in [0.4, 0.5) is 11.7 Å².